The zero-order chi connectivity index (χ0) is 18.7. The summed E-state index contributed by atoms with van der Waals surface area (Å²) in [5.74, 6) is -0.338. The van der Waals surface area contributed by atoms with Crippen LogP contribution >= 0.6 is 0 Å². The lowest BCUT2D eigenvalue weighted by Crippen LogP contribution is -2.23. The third-order valence-electron chi connectivity index (χ3n) is 3.56. The van der Waals surface area contributed by atoms with Crippen molar-refractivity contribution < 1.29 is 27.4 Å². The monoisotopic (exact) mass is 366 g/mol. The highest BCUT2D eigenvalue weighted by Crippen LogP contribution is 2.25. The highest BCUT2D eigenvalue weighted by atomic mass is 19.4. The van der Waals surface area contributed by atoms with Gasteiger partial charge in [0.1, 0.15) is 17.0 Å². The second kappa shape index (κ2) is 6.90. The van der Waals surface area contributed by atoms with Crippen molar-refractivity contribution in [2.24, 2.45) is 0 Å². The number of H-pyrrole nitrogens is 1. The van der Waals surface area contributed by atoms with E-state index < -0.39 is 18.0 Å². The van der Waals surface area contributed by atoms with Crippen molar-refractivity contribution in [3.05, 3.63) is 47.5 Å². The van der Waals surface area contributed by atoms with E-state index in [1.807, 2.05) is 0 Å². The van der Waals surface area contributed by atoms with E-state index in [1.165, 1.54) is 19.2 Å². The Bertz CT molecular complexity index is 923. The van der Waals surface area contributed by atoms with Gasteiger partial charge in [-0.25, -0.2) is 0 Å². The van der Waals surface area contributed by atoms with Crippen LogP contribution in [-0.2, 0) is 6.54 Å². The van der Waals surface area contributed by atoms with E-state index >= 15 is 0 Å². The number of carbonyl (C=O) groups excluding carboxylic acids is 1. The molecule has 0 atom stereocenters. The molecule has 0 spiro atoms. The maximum atomic E-state index is 12.2. The van der Waals surface area contributed by atoms with Crippen LogP contribution in [0.3, 0.4) is 0 Å². The Hall–Kier alpha value is -3.30. The highest BCUT2D eigenvalue weighted by molar-refractivity contribution is 5.94. The van der Waals surface area contributed by atoms with Crippen molar-refractivity contribution in [3.8, 4) is 11.5 Å². The third kappa shape index (κ3) is 3.85. The maximum Gasteiger partial charge on any atom is 0.573 e. The van der Waals surface area contributed by atoms with Crippen LogP contribution in [0, 0.1) is 0 Å². The number of benzene rings is 2. The van der Waals surface area contributed by atoms with Crippen LogP contribution in [0.5, 0.6) is 11.5 Å². The van der Waals surface area contributed by atoms with Gasteiger partial charge in [0.25, 0.3) is 5.91 Å². The van der Waals surface area contributed by atoms with E-state index in [-0.39, 0.29) is 12.1 Å². The Morgan fingerprint density at radius 2 is 1.92 bits per heavy atom. The molecule has 2 aromatic carbocycles. The summed E-state index contributed by atoms with van der Waals surface area (Å²) in [5, 5.41) is 13.1. The standard InChI is InChI=1S/C16H13F3N4O3/c1-25-13-7-6-12-14(22-23-21-12)11(13)8-20-15(24)9-2-4-10(5-3-9)26-16(17,18)19/h2-7H,8H2,1H3,(H,20,24)(H,21,22,23). The maximum absolute atomic E-state index is 12.2. The fraction of sp³-hybridized carbons (Fsp3) is 0.188. The van der Waals surface area contributed by atoms with Gasteiger partial charge in [0.15, 0.2) is 0 Å². The van der Waals surface area contributed by atoms with Crippen molar-refractivity contribution in [1.82, 2.24) is 20.7 Å². The molecule has 0 radical (unpaired) electrons. The first kappa shape index (κ1) is 17.5. The molecule has 0 unspecified atom stereocenters. The molecule has 0 saturated heterocycles. The fourth-order valence-corrected chi connectivity index (χ4v) is 2.39. The van der Waals surface area contributed by atoms with Gasteiger partial charge in [-0.1, -0.05) is 5.21 Å². The Morgan fingerprint density at radius 3 is 2.58 bits per heavy atom. The van der Waals surface area contributed by atoms with Gasteiger partial charge in [0.05, 0.1) is 12.6 Å². The minimum atomic E-state index is -4.78. The Morgan fingerprint density at radius 1 is 1.19 bits per heavy atom. The summed E-state index contributed by atoms with van der Waals surface area (Å²) in [6.45, 7) is 0.104. The highest BCUT2D eigenvalue weighted by Gasteiger charge is 2.31. The zero-order valence-electron chi connectivity index (χ0n) is 13.4. The van der Waals surface area contributed by atoms with Crippen LogP contribution in [0.1, 0.15) is 15.9 Å². The largest absolute Gasteiger partial charge is 0.573 e. The molecule has 136 valence electrons. The van der Waals surface area contributed by atoms with Crippen molar-refractivity contribution in [1.29, 1.82) is 0 Å². The summed E-state index contributed by atoms with van der Waals surface area (Å²) in [4.78, 5) is 12.2. The van der Waals surface area contributed by atoms with Crippen LogP contribution < -0.4 is 14.8 Å². The minimum Gasteiger partial charge on any atom is -0.496 e. The van der Waals surface area contributed by atoms with Gasteiger partial charge in [0.2, 0.25) is 0 Å². The van der Waals surface area contributed by atoms with E-state index in [2.05, 4.69) is 25.5 Å². The van der Waals surface area contributed by atoms with Crippen LogP contribution in [-0.4, -0.2) is 34.8 Å². The molecular formula is C16H13F3N4O3. The number of carbonyl (C=O) groups is 1. The number of alkyl halides is 3. The van der Waals surface area contributed by atoms with Crippen LogP contribution in [0.4, 0.5) is 13.2 Å². The molecule has 7 nitrogen and oxygen atoms in total. The van der Waals surface area contributed by atoms with Crippen LogP contribution in [0.15, 0.2) is 36.4 Å². The summed E-state index contributed by atoms with van der Waals surface area (Å²) in [6.07, 6.45) is -4.78. The van der Waals surface area contributed by atoms with Gasteiger partial charge in [-0.2, -0.15) is 0 Å². The first-order chi connectivity index (χ1) is 12.4. The normalized spacial score (nSPS) is 11.4. The lowest BCUT2D eigenvalue weighted by atomic mass is 10.1. The smallest absolute Gasteiger partial charge is 0.496 e. The molecule has 1 amide bonds. The predicted molar refractivity (Wildman–Crippen MR) is 84.7 cm³/mol. The SMILES string of the molecule is COc1ccc2[nH]nnc2c1CNC(=O)c1ccc(OC(F)(F)F)cc1. The lowest BCUT2D eigenvalue weighted by Gasteiger charge is -2.11. The predicted octanol–water partition coefficient (Wildman–Crippen LogP) is 2.80. The number of nitrogens with zero attached hydrogens (tertiary/aromatic N) is 2. The van der Waals surface area contributed by atoms with Crippen molar-refractivity contribution in [3.63, 3.8) is 0 Å². The number of amides is 1. The number of rotatable bonds is 5. The molecule has 0 bridgehead atoms. The van der Waals surface area contributed by atoms with Crippen LogP contribution in [0.25, 0.3) is 11.0 Å². The van der Waals surface area contributed by atoms with E-state index in [4.69, 9.17) is 4.74 Å². The molecule has 0 saturated carbocycles. The molecule has 0 aliphatic rings. The molecule has 0 aliphatic carbocycles. The first-order valence-corrected chi connectivity index (χ1v) is 7.38. The molecule has 26 heavy (non-hydrogen) atoms. The van der Waals surface area contributed by atoms with Gasteiger partial charge in [0, 0.05) is 17.7 Å². The second-order valence-corrected chi connectivity index (χ2v) is 5.21. The second-order valence-electron chi connectivity index (χ2n) is 5.21. The molecule has 1 heterocycles. The Labute approximate surface area is 145 Å². The van der Waals surface area contributed by atoms with Gasteiger partial charge in [-0.15, -0.1) is 18.3 Å². The number of halogens is 3. The van der Waals surface area contributed by atoms with Gasteiger partial charge >= 0.3 is 6.36 Å². The molecule has 2 N–H and O–H groups in total. The first-order valence-electron chi connectivity index (χ1n) is 7.38. The summed E-state index contributed by atoms with van der Waals surface area (Å²) in [6, 6.07) is 8.09. The zero-order valence-corrected chi connectivity index (χ0v) is 13.4. The summed E-state index contributed by atoms with van der Waals surface area (Å²) < 4.78 is 45.5. The van der Waals surface area contributed by atoms with Gasteiger partial charge < -0.3 is 14.8 Å². The van der Waals surface area contributed by atoms with Gasteiger partial charge in [-0.3, -0.25) is 9.89 Å². The average molecular weight is 366 g/mol. The molecule has 10 heteroatoms. The minimum absolute atomic E-state index is 0.104. The molecule has 3 rings (SSSR count). The number of methoxy groups -OCH3 is 1. The van der Waals surface area contributed by atoms with E-state index in [0.29, 0.717) is 22.3 Å². The number of aromatic nitrogens is 3. The van der Waals surface area contributed by atoms with Crippen molar-refractivity contribution in [2.45, 2.75) is 12.9 Å². The van der Waals surface area contributed by atoms with Crippen molar-refractivity contribution in [2.75, 3.05) is 7.11 Å². The quantitative estimate of drug-likeness (QED) is 0.725. The summed E-state index contributed by atoms with van der Waals surface area (Å²) in [5.41, 5.74) is 2.05. The number of aromatic amines is 1. The third-order valence-corrected chi connectivity index (χ3v) is 3.56. The Balaban J connectivity index is 1.72. The lowest BCUT2D eigenvalue weighted by molar-refractivity contribution is -0.274. The number of fused-ring (bicyclic) bond motifs is 1. The van der Waals surface area contributed by atoms with E-state index in [9.17, 15) is 18.0 Å². The number of hydrogen-bond acceptors (Lipinski definition) is 5. The molecule has 0 fully saturated rings. The summed E-state index contributed by atoms with van der Waals surface area (Å²) >= 11 is 0. The fourth-order valence-electron chi connectivity index (χ4n) is 2.39. The van der Waals surface area contributed by atoms with Gasteiger partial charge in [-0.05, 0) is 36.4 Å². The van der Waals surface area contributed by atoms with E-state index in [1.54, 1.807) is 12.1 Å². The van der Waals surface area contributed by atoms with E-state index in [0.717, 1.165) is 12.1 Å². The summed E-state index contributed by atoms with van der Waals surface area (Å²) in [7, 11) is 1.49. The molecule has 3 aromatic rings. The molecule has 1 aromatic heterocycles. The number of nitrogens with one attached hydrogen (secondary N) is 2. The van der Waals surface area contributed by atoms with Crippen LogP contribution in [0.2, 0.25) is 0 Å². The topological polar surface area (TPSA) is 89.1 Å². The average Bonchev–Trinajstić information content (AvgIpc) is 3.07. The van der Waals surface area contributed by atoms with Crippen molar-refractivity contribution >= 4 is 16.9 Å². The molecular weight excluding hydrogens is 353 g/mol. The number of hydrogen-bond donors (Lipinski definition) is 2. The number of ether oxygens (including phenoxy) is 2. The Kier molecular flexibility index (Phi) is 4.65. The molecule has 0 aliphatic heterocycles.